The summed E-state index contributed by atoms with van der Waals surface area (Å²) in [5.41, 5.74) is 3.10. The summed E-state index contributed by atoms with van der Waals surface area (Å²) >= 11 is 6.02. The van der Waals surface area contributed by atoms with Crippen molar-refractivity contribution in [2.75, 3.05) is 31.2 Å². The lowest BCUT2D eigenvalue weighted by Crippen LogP contribution is -2.38. The van der Waals surface area contributed by atoms with Crippen LogP contribution >= 0.6 is 11.6 Å². The zero-order chi connectivity index (χ0) is 23.9. The van der Waals surface area contributed by atoms with Crippen molar-refractivity contribution in [1.82, 2.24) is 15.3 Å². The van der Waals surface area contributed by atoms with Gasteiger partial charge < -0.3 is 15.0 Å². The van der Waals surface area contributed by atoms with Gasteiger partial charge in [0.05, 0.1) is 19.3 Å². The number of carbonyl (C=O) groups is 1. The van der Waals surface area contributed by atoms with Crippen LogP contribution in [0.2, 0.25) is 5.02 Å². The SMILES string of the molecule is Cc1nc(N2CCOCC2)[nH]c(=O)c1CCC(=O)NC(Cc1ccc(Cl)cc1)c1ccccc1. The molecule has 0 radical (unpaired) electrons. The number of H-pyrrole nitrogens is 1. The number of nitrogens with one attached hydrogen (secondary N) is 2. The number of anilines is 1. The van der Waals surface area contributed by atoms with Gasteiger partial charge in [-0.05, 0) is 43.0 Å². The number of halogens is 1. The molecule has 1 unspecified atom stereocenters. The van der Waals surface area contributed by atoms with E-state index in [9.17, 15) is 9.59 Å². The molecule has 1 aliphatic heterocycles. The van der Waals surface area contributed by atoms with E-state index in [1.807, 2.05) is 66.4 Å². The van der Waals surface area contributed by atoms with Gasteiger partial charge >= 0.3 is 0 Å². The fraction of sp³-hybridized carbons (Fsp3) is 0.346. The molecule has 7 nitrogen and oxygen atoms in total. The number of carbonyl (C=O) groups excluding carboxylic acids is 1. The van der Waals surface area contributed by atoms with Crippen LogP contribution in [0.5, 0.6) is 0 Å². The number of ether oxygens (including phenoxy) is 1. The Morgan fingerprint density at radius 1 is 1.15 bits per heavy atom. The maximum absolute atomic E-state index is 12.9. The third-order valence-corrected chi connectivity index (χ3v) is 6.26. The second kappa shape index (κ2) is 11.3. The topological polar surface area (TPSA) is 87.3 Å². The van der Waals surface area contributed by atoms with Gasteiger partial charge in [-0.1, -0.05) is 54.1 Å². The van der Waals surface area contributed by atoms with Gasteiger partial charge in [-0.15, -0.1) is 0 Å². The van der Waals surface area contributed by atoms with Crippen molar-refractivity contribution in [3.63, 3.8) is 0 Å². The molecule has 0 spiro atoms. The third-order valence-electron chi connectivity index (χ3n) is 6.01. The number of hydrogen-bond donors (Lipinski definition) is 2. The van der Waals surface area contributed by atoms with E-state index in [4.69, 9.17) is 16.3 Å². The number of aromatic nitrogens is 2. The van der Waals surface area contributed by atoms with Crippen molar-refractivity contribution < 1.29 is 9.53 Å². The minimum absolute atomic E-state index is 0.112. The Morgan fingerprint density at radius 3 is 2.53 bits per heavy atom. The molecule has 1 aliphatic rings. The molecule has 1 saturated heterocycles. The lowest BCUT2D eigenvalue weighted by molar-refractivity contribution is -0.121. The van der Waals surface area contributed by atoms with Crippen LogP contribution in [-0.2, 0) is 22.4 Å². The minimum atomic E-state index is -0.192. The van der Waals surface area contributed by atoms with Gasteiger partial charge in [0.2, 0.25) is 11.9 Å². The van der Waals surface area contributed by atoms with Crippen LogP contribution in [-0.4, -0.2) is 42.2 Å². The molecule has 1 aromatic heterocycles. The number of aromatic amines is 1. The Kier molecular flexibility index (Phi) is 7.98. The van der Waals surface area contributed by atoms with Crippen LogP contribution in [0.25, 0.3) is 0 Å². The van der Waals surface area contributed by atoms with Gasteiger partial charge in [0, 0.05) is 35.8 Å². The average molecular weight is 481 g/mol. The fourth-order valence-corrected chi connectivity index (χ4v) is 4.24. The van der Waals surface area contributed by atoms with Gasteiger partial charge in [0.15, 0.2) is 0 Å². The fourth-order valence-electron chi connectivity index (χ4n) is 4.11. The second-order valence-electron chi connectivity index (χ2n) is 8.41. The molecular formula is C26H29ClN4O3. The van der Waals surface area contributed by atoms with E-state index >= 15 is 0 Å². The second-order valence-corrected chi connectivity index (χ2v) is 8.85. The first kappa shape index (κ1) is 24.0. The summed E-state index contributed by atoms with van der Waals surface area (Å²) in [7, 11) is 0. The number of nitrogens with zero attached hydrogens (tertiary/aromatic N) is 2. The molecule has 0 bridgehead atoms. The summed E-state index contributed by atoms with van der Waals surface area (Å²) < 4.78 is 5.36. The Morgan fingerprint density at radius 2 is 1.85 bits per heavy atom. The third kappa shape index (κ3) is 6.24. The molecule has 4 rings (SSSR count). The maximum atomic E-state index is 12.9. The number of morpholine rings is 1. The van der Waals surface area contributed by atoms with Gasteiger partial charge in [-0.3, -0.25) is 14.6 Å². The molecule has 178 valence electrons. The summed E-state index contributed by atoms with van der Waals surface area (Å²) in [6.07, 6.45) is 1.17. The van der Waals surface area contributed by atoms with Gasteiger partial charge in [-0.25, -0.2) is 4.98 Å². The predicted molar refractivity (Wildman–Crippen MR) is 133 cm³/mol. The minimum Gasteiger partial charge on any atom is -0.378 e. The summed E-state index contributed by atoms with van der Waals surface area (Å²) in [6, 6.07) is 17.3. The van der Waals surface area contributed by atoms with Crippen molar-refractivity contribution in [3.8, 4) is 0 Å². The number of rotatable bonds is 8. The zero-order valence-electron chi connectivity index (χ0n) is 19.2. The number of aryl methyl sites for hydroxylation is 1. The van der Waals surface area contributed by atoms with E-state index in [1.54, 1.807) is 0 Å². The number of amides is 1. The first-order valence-corrected chi connectivity index (χ1v) is 11.9. The molecule has 2 heterocycles. The van der Waals surface area contributed by atoms with Crippen molar-refractivity contribution >= 4 is 23.5 Å². The van der Waals surface area contributed by atoms with Gasteiger partial charge in [0.1, 0.15) is 0 Å². The molecule has 0 saturated carbocycles. The molecule has 1 amide bonds. The van der Waals surface area contributed by atoms with E-state index in [-0.39, 0.29) is 23.9 Å². The van der Waals surface area contributed by atoms with Crippen LogP contribution in [0.15, 0.2) is 59.4 Å². The number of hydrogen-bond acceptors (Lipinski definition) is 5. The molecule has 2 N–H and O–H groups in total. The van der Waals surface area contributed by atoms with Crippen LogP contribution in [0, 0.1) is 6.92 Å². The lowest BCUT2D eigenvalue weighted by atomic mass is 9.98. The number of benzene rings is 2. The van der Waals surface area contributed by atoms with Crippen LogP contribution < -0.4 is 15.8 Å². The van der Waals surface area contributed by atoms with E-state index in [0.717, 1.165) is 11.1 Å². The molecule has 3 aromatic rings. The zero-order valence-corrected chi connectivity index (χ0v) is 20.0. The monoisotopic (exact) mass is 480 g/mol. The van der Waals surface area contributed by atoms with Crippen molar-refractivity contribution in [2.24, 2.45) is 0 Å². The Hall–Kier alpha value is -3.16. The standard InChI is InChI=1S/C26H29ClN4O3/c1-18-22(25(33)30-26(28-18)31-13-15-34-16-14-31)11-12-24(32)29-23(20-5-3-2-4-6-20)17-19-7-9-21(27)10-8-19/h2-10,23H,11-17H2,1H3,(H,29,32)(H,28,30,33). The quantitative estimate of drug-likeness (QED) is 0.514. The van der Waals surface area contributed by atoms with Crippen molar-refractivity contribution in [2.45, 2.75) is 32.2 Å². The summed E-state index contributed by atoms with van der Waals surface area (Å²) in [5, 5.41) is 3.82. The van der Waals surface area contributed by atoms with Crippen molar-refractivity contribution in [1.29, 1.82) is 0 Å². The largest absolute Gasteiger partial charge is 0.378 e. The normalized spacial score (nSPS) is 14.6. The highest BCUT2D eigenvalue weighted by Crippen LogP contribution is 2.20. The first-order chi connectivity index (χ1) is 16.5. The molecule has 8 heteroatoms. The Bertz CT molecular complexity index is 1160. The summed E-state index contributed by atoms with van der Waals surface area (Å²) in [6.45, 7) is 4.43. The van der Waals surface area contributed by atoms with Gasteiger partial charge in [-0.2, -0.15) is 0 Å². The lowest BCUT2D eigenvalue weighted by Gasteiger charge is -2.27. The summed E-state index contributed by atoms with van der Waals surface area (Å²) in [4.78, 5) is 35.1. The molecule has 2 aromatic carbocycles. The average Bonchev–Trinajstić information content (AvgIpc) is 2.85. The highest BCUT2D eigenvalue weighted by atomic mass is 35.5. The first-order valence-electron chi connectivity index (χ1n) is 11.5. The Labute approximate surface area is 204 Å². The van der Waals surface area contributed by atoms with Crippen molar-refractivity contribution in [3.05, 3.63) is 92.4 Å². The molecule has 1 atom stereocenters. The van der Waals surface area contributed by atoms with E-state index in [2.05, 4.69) is 15.3 Å². The molecular weight excluding hydrogens is 452 g/mol. The van der Waals surface area contributed by atoms with Crippen LogP contribution in [0.4, 0.5) is 5.95 Å². The highest BCUT2D eigenvalue weighted by Gasteiger charge is 2.19. The van der Waals surface area contributed by atoms with E-state index in [1.165, 1.54) is 0 Å². The molecule has 1 fully saturated rings. The smallest absolute Gasteiger partial charge is 0.255 e. The maximum Gasteiger partial charge on any atom is 0.255 e. The highest BCUT2D eigenvalue weighted by molar-refractivity contribution is 6.30. The predicted octanol–water partition coefficient (Wildman–Crippen LogP) is 3.60. The molecule has 0 aliphatic carbocycles. The van der Waals surface area contributed by atoms with Crippen LogP contribution in [0.3, 0.4) is 0 Å². The van der Waals surface area contributed by atoms with Crippen LogP contribution in [0.1, 0.15) is 34.8 Å². The van der Waals surface area contributed by atoms with E-state index in [0.29, 0.717) is 61.4 Å². The molecule has 34 heavy (non-hydrogen) atoms. The Balaban J connectivity index is 1.42. The summed E-state index contributed by atoms with van der Waals surface area (Å²) in [5.74, 6) is 0.449. The van der Waals surface area contributed by atoms with E-state index < -0.39 is 0 Å². The van der Waals surface area contributed by atoms with Gasteiger partial charge in [0.25, 0.3) is 5.56 Å².